The highest BCUT2D eigenvalue weighted by Crippen LogP contribution is 2.15. The summed E-state index contributed by atoms with van der Waals surface area (Å²) in [4.78, 5) is 13.8. The molecule has 0 fully saturated rings. The second-order valence-electron chi connectivity index (χ2n) is 4.70. The van der Waals surface area contributed by atoms with Crippen LogP contribution in [-0.4, -0.2) is 35.6 Å². The first-order valence-corrected chi connectivity index (χ1v) is 7.15. The Kier molecular flexibility index (Phi) is 6.82. The van der Waals surface area contributed by atoms with Crippen molar-refractivity contribution in [2.75, 3.05) is 19.7 Å². The summed E-state index contributed by atoms with van der Waals surface area (Å²) in [5, 5.41) is 27.3. The van der Waals surface area contributed by atoms with Crippen molar-refractivity contribution in [2.45, 2.75) is 20.3 Å². The maximum absolute atomic E-state index is 12.2. The van der Waals surface area contributed by atoms with Gasteiger partial charge in [0, 0.05) is 19.7 Å². The van der Waals surface area contributed by atoms with Crippen LogP contribution in [0.5, 0.6) is 0 Å². The molecular weight excluding hydrogens is 278 g/mol. The molecule has 0 aromatic heterocycles. The summed E-state index contributed by atoms with van der Waals surface area (Å²) >= 11 is 0. The number of likely N-dealkylation sites (N-methyl/N-ethyl adjacent to an activating group) is 1. The van der Waals surface area contributed by atoms with Crippen LogP contribution in [0.3, 0.4) is 0 Å². The lowest BCUT2D eigenvalue weighted by Gasteiger charge is -2.17. The number of amides is 1. The summed E-state index contributed by atoms with van der Waals surface area (Å²) in [7, 11) is 0. The molecule has 1 N–H and O–H groups in total. The fourth-order valence-corrected chi connectivity index (χ4v) is 2.13. The van der Waals surface area contributed by atoms with Gasteiger partial charge in [0.15, 0.2) is 0 Å². The van der Waals surface area contributed by atoms with E-state index < -0.39 is 0 Å². The Morgan fingerprint density at radius 1 is 1.27 bits per heavy atom. The van der Waals surface area contributed by atoms with Gasteiger partial charge in [0.05, 0.1) is 11.6 Å². The monoisotopic (exact) mass is 297 g/mol. The SMILES string of the molecule is CCN(CC)C(=O)/C(C#N)=C/c1cc(C#N)cc(CCO)c1. The Morgan fingerprint density at radius 2 is 1.95 bits per heavy atom. The van der Waals surface area contributed by atoms with E-state index in [0.717, 1.165) is 5.56 Å². The second kappa shape index (κ2) is 8.61. The Hall–Kier alpha value is -2.63. The van der Waals surface area contributed by atoms with Gasteiger partial charge in [0.25, 0.3) is 5.91 Å². The zero-order valence-electron chi connectivity index (χ0n) is 12.8. The Balaban J connectivity index is 3.23. The van der Waals surface area contributed by atoms with E-state index in [9.17, 15) is 10.1 Å². The normalized spacial score (nSPS) is 10.7. The van der Waals surface area contributed by atoms with Crippen molar-refractivity contribution in [3.63, 3.8) is 0 Å². The average Bonchev–Trinajstić information content (AvgIpc) is 2.53. The molecule has 0 saturated carbocycles. The average molecular weight is 297 g/mol. The lowest BCUT2D eigenvalue weighted by atomic mass is 10.0. The smallest absolute Gasteiger partial charge is 0.264 e. The number of nitrogens with zero attached hydrogens (tertiary/aromatic N) is 3. The van der Waals surface area contributed by atoms with E-state index in [4.69, 9.17) is 10.4 Å². The van der Waals surface area contributed by atoms with E-state index in [1.165, 1.54) is 6.08 Å². The lowest BCUT2D eigenvalue weighted by molar-refractivity contribution is -0.126. The number of aliphatic hydroxyl groups is 1. The molecule has 22 heavy (non-hydrogen) atoms. The van der Waals surface area contributed by atoms with Gasteiger partial charge in [-0.3, -0.25) is 4.79 Å². The number of aliphatic hydroxyl groups excluding tert-OH is 1. The van der Waals surface area contributed by atoms with E-state index in [-0.39, 0.29) is 18.1 Å². The van der Waals surface area contributed by atoms with Gasteiger partial charge in [0.2, 0.25) is 0 Å². The van der Waals surface area contributed by atoms with Crippen molar-refractivity contribution < 1.29 is 9.90 Å². The van der Waals surface area contributed by atoms with Gasteiger partial charge in [-0.25, -0.2) is 0 Å². The molecule has 5 nitrogen and oxygen atoms in total. The number of hydrogen-bond acceptors (Lipinski definition) is 4. The van der Waals surface area contributed by atoms with E-state index in [1.54, 1.807) is 23.1 Å². The van der Waals surface area contributed by atoms with Crippen molar-refractivity contribution >= 4 is 12.0 Å². The van der Waals surface area contributed by atoms with Gasteiger partial charge in [0.1, 0.15) is 11.6 Å². The molecule has 0 atom stereocenters. The molecule has 0 unspecified atom stereocenters. The first-order chi connectivity index (χ1) is 10.6. The minimum absolute atomic E-state index is 0.0263. The molecule has 5 heteroatoms. The number of rotatable bonds is 6. The third kappa shape index (κ3) is 4.44. The van der Waals surface area contributed by atoms with Gasteiger partial charge >= 0.3 is 0 Å². The molecule has 0 aliphatic carbocycles. The third-order valence-corrected chi connectivity index (χ3v) is 3.26. The molecule has 0 radical (unpaired) electrons. The van der Waals surface area contributed by atoms with Crippen LogP contribution >= 0.6 is 0 Å². The minimum atomic E-state index is -0.321. The van der Waals surface area contributed by atoms with Crippen molar-refractivity contribution in [1.29, 1.82) is 10.5 Å². The number of hydrogen-bond donors (Lipinski definition) is 1. The highest BCUT2D eigenvalue weighted by atomic mass is 16.3. The Morgan fingerprint density at radius 3 is 2.45 bits per heavy atom. The van der Waals surface area contributed by atoms with Crippen LogP contribution in [0.4, 0.5) is 0 Å². The van der Waals surface area contributed by atoms with Crippen LogP contribution in [0.15, 0.2) is 23.8 Å². The fourth-order valence-electron chi connectivity index (χ4n) is 2.13. The molecule has 1 rings (SSSR count). The summed E-state index contributed by atoms with van der Waals surface area (Å²) in [6.45, 7) is 4.74. The summed E-state index contributed by atoms with van der Waals surface area (Å²) in [5.74, 6) is -0.321. The van der Waals surface area contributed by atoms with Crippen LogP contribution in [0.25, 0.3) is 6.08 Å². The highest BCUT2D eigenvalue weighted by Gasteiger charge is 2.15. The second-order valence-corrected chi connectivity index (χ2v) is 4.70. The molecule has 1 aromatic carbocycles. The summed E-state index contributed by atoms with van der Waals surface area (Å²) in [6.07, 6.45) is 1.91. The molecule has 1 aromatic rings. The zero-order chi connectivity index (χ0) is 16.5. The maximum Gasteiger partial charge on any atom is 0.264 e. The molecular formula is C17H19N3O2. The lowest BCUT2D eigenvalue weighted by Crippen LogP contribution is -2.31. The predicted molar refractivity (Wildman–Crippen MR) is 83.5 cm³/mol. The fraction of sp³-hybridized carbons (Fsp3) is 0.353. The van der Waals surface area contributed by atoms with Crippen molar-refractivity contribution in [1.82, 2.24) is 4.90 Å². The molecule has 1 amide bonds. The molecule has 0 bridgehead atoms. The minimum Gasteiger partial charge on any atom is -0.396 e. The van der Waals surface area contributed by atoms with Gasteiger partial charge in [-0.1, -0.05) is 6.07 Å². The Labute approximate surface area is 130 Å². The molecule has 0 saturated heterocycles. The van der Waals surface area contributed by atoms with Crippen LogP contribution < -0.4 is 0 Å². The van der Waals surface area contributed by atoms with Gasteiger partial charge in [-0.2, -0.15) is 10.5 Å². The number of carbonyl (C=O) groups is 1. The zero-order valence-corrected chi connectivity index (χ0v) is 12.8. The quantitative estimate of drug-likeness (QED) is 0.641. The van der Waals surface area contributed by atoms with Gasteiger partial charge in [-0.05, 0) is 49.6 Å². The highest BCUT2D eigenvalue weighted by molar-refractivity contribution is 6.01. The maximum atomic E-state index is 12.2. The van der Waals surface area contributed by atoms with Crippen LogP contribution in [0.1, 0.15) is 30.5 Å². The van der Waals surface area contributed by atoms with Crippen molar-refractivity contribution in [2.24, 2.45) is 0 Å². The summed E-state index contributed by atoms with van der Waals surface area (Å²) in [6, 6.07) is 9.04. The van der Waals surface area contributed by atoms with Crippen molar-refractivity contribution in [3.05, 3.63) is 40.5 Å². The topological polar surface area (TPSA) is 88.1 Å². The largest absolute Gasteiger partial charge is 0.396 e. The number of nitriles is 2. The summed E-state index contributed by atoms with van der Waals surface area (Å²) < 4.78 is 0. The van der Waals surface area contributed by atoms with E-state index in [0.29, 0.717) is 30.6 Å². The number of carbonyl (C=O) groups excluding carboxylic acids is 1. The first kappa shape index (κ1) is 17.4. The third-order valence-electron chi connectivity index (χ3n) is 3.26. The molecule has 0 spiro atoms. The van der Waals surface area contributed by atoms with Gasteiger partial charge in [-0.15, -0.1) is 0 Å². The van der Waals surface area contributed by atoms with Crippen LogP contribution in [0, 0.1) is 22.7 Å². The first-order valence-electron chi connectivity index (χ1n) is 7.15. The van der Waals surface area contributed by atoms with Crippen molar-refractivity contribution in [3.8, 4) is 12.1 Å². The van der Waals surface area contributed by atoms with E-state index in [2.05, 4.69) is 0 Å². The van der Waals surface area contributed by atoms with E-state index in [1.807, 2.05) is 26.0 Å². The van der Waals surface area contributed by atoms with E-state index >= 15 is 0 Å². The Bertz CT molecular complexity index is 647. The molecule has 0 aliphatic heterocycles. The van der Waals surface area contributed by atoms with Crippen LogP contribution in [0.2, 0.25) is 0 Å². The summed E-state index contributed by atoms with van der Waals surface area (Å²) in [5.41, 5.74) is 1.87. The number of benzene rings is 1. The standard InChI is InChI=1S/C17H19N3O2/c1-3-20(4-2)17(22)16(12-19)10-14-7-13(5-6-21)8-15(9-14)11-18/h7-10,21H,3-6H2,1-2H3/b16-10+. The van der Waals surface area contributed by atoms with Crippen LogP contribution in [-0.2, 0) is 11.2 Å². The molecule has 0 aliphatic rings. The molecule has 114 valence electrons. The van der Waals surface area contributed by atoms with Gasteiger partial charge < -0.3 is 10.0 Å². The predicted octanol–water partition coefficient (Wildman–Crippen LogP) is 1.87. The molecule has 0 heterocycles.